The standard InChI is InChI=1S/C22H29ClN4O3S/c1-17-6-4-7-18(23)22(17)31(29,30)27-15-14-26-12-5-8-19(26)20(27)16-21(28)24-9-13-25-10-2-3-11-25/h4-8,12,20H,2-3,9-11,13-16H2,1H3,(H,24,28). The average Bonchev–Trinajstić information content (AvgIpc) is 3.39. The molecule has 4 rings (SSSR count). The summed E-state index contributed by atoms with van der Waals surface area (Å²) < 4.78 is 30.7. The van der Waals surface area contributed by atoms with Crippen LogP contribution in [0.1, 0.15) is 36.6 Å². The van der Waals surface area contributed by atoms with E-state index in [-0.39, 0.29) is 22.2 Å². The highest BCUT2D eigenvalue weighted by molar-refractivity contribution is 7.89. The molecule has 0 aliphatic carbocycles. The van der Waals surface area contributed by atoms with Crippen molar-refractivity contribution in [2.24, 2.45) is 0 Å². The van der Waals surface area contributed by atoms with Crippen molar-refractivity contribution >= 4 is 27.5 Å². The molecule has 1 saturated heterocycles. The highest BCUT2D eigenvalue weighted by Crippen LogP contribution is 2.36. The van der Waals surface area contributed by atoms with Crippen molar-refractivity contribution in [2.75, 3.05) is 32.7 Å². The van der Waals surface area contributed by atoms with Gasteiger partial charge in [-0.05, 0) is 56.6 Å². The van der Waals surface area contributed by atoms with Gasteiger partial charge in [0.15, 0.2) is 0 Å². The third kappa shape index (κ3) is 4.67. The maximum atomic E-state index is 13.6. The largest absolute Gasteiger partial charge is 0.355 e. The van der Waals surface area contributed by atoms with Gasteiger partial charge in [0.2, 0.25) is 15.9 Å². The SMILES string of the molecule is Cc1cccc(Cl)c1S(=O)(=O)N1CCn2cccc2C1CC(=O)NCCN1CCCC1. The number of halogens is 1. The lowest BCUT2D eigenvalue weighted by atomic mass is 10.1. The van der Waals surface area contributed by atoms with E-state index in [1.807, 2.05) is 22.9 Å². The Morgan fingerprint density at radius 1 is 1.13 bits per heavy atom. The van der Waals surface area contributed by atoms with E-state index >= 15 is 0 Å². The number of nitrogens with zero attached hydrogens (tertiary/aromatic N) is 3. The first-order chi connectivity index (χ1) is 14.9. The van der Waals surface area contributed by atoms with E-state index < -0.39 is 16.1 Å². The zero-order chi connectivity index (χ0) is 22.0. The van der Waals surface area contributed by atoms with Crippen LogP contribution in [-0.2, 0) is 21.4 Å². The van der Waals surface area contributed by atoms with Gasteiger partial charge in [-0.3, -0.25) is 4.79 Å². The number of hydrogen-bond acceptors (Lipinski definition) is 4. The summed E-state index contributed by atoms with van der Waals surface area (Å²) in [6.07, 6.45) is 4.42. The summed E-state index contributed by atoms with van der Waals surface area (Å²) >= 11 is 6.30. The van der Waals surface area contributed by atoms with E-state index in [0.29, 0.717) is 25.2 Å². The average molecular weight is 465 g/mol. The molecule has 1 aromatic carbocycles. The normalized spacial score (nSPS) is 20.0. The zero-order valence-electron chi connectivity index (χ0n) is 17.8. The molecule has 1 N–H and O–H groups in total. The molecule has 1 atom stereocenters. The summed E-state index contributed by atoms with van der Waals surface area (Å²) in [6, 6.07) is 8.28. The van der Waals surface area contributed by atoms with Crippen LogP contribution in [0.5, 0.6) is 0 Å². The van der Waals surface area contributed by atoms with Crippen molar-refractivity contribution in [1.29, 1.82) is 0 Å². The highest BCUT2D eigenvalue weighted by Gasteiger charge is 2.39. The zero-order valence-corrected chi connectivity index (χ0v) is 19.3. The van der Waals surface area contributed by atoms with Crippen molar-refractivity contribution in [3.63, 3.8) is 0 Å². The van der Waals surface area contributed by atoms with E-state index in [1.54, 1.807) is 25.1 Å². The molecular formula is C22H29ClN4O3S. The molecule has 3 heterocycles. The van der Waals surface area contributed by atoms with Gasteiger partial charge >= 0.3 is 0 Å². The molecule has 0 saturated carbocycles. The first kappa shape index (κ1) is 22.3. The fourth-order valence-electron chi connectivity index (χ4n) is 4.61. The van der Waals surface area contributed by atoms with Gasteiger partial charge in [-0.2, -0.15) is 4.31 Å². The topological polar surface area (TPSA) is 74.6 Å². The number of amides is 1. The number of aryl methyl sites for hydroxylation is 1. The van der Waals surface area contributed by atoms with Crippen molar-refractivity contribution in [3.8, 4) is 0 Å². The second-order valence-corrected chi connectivity index (χ2v) is 10.5. The first-order valence-electron chi connectivity index (χ1n) is 10.8. The Kier molecular flexibility index (Phi) is 6.71. The van der Waals surface area contributed by atoms with Gasteiger partial charge in [0, 0.05) is 44.5 Å². The van der Waals surface area contributed by atoms with Crippen LogP contribution < -0.4 is 5.32 Å². The molecule has 7 nitrogen and oxygen atoms in total. The Morgan fingerprint density at radius 2 is 1.90 bits per heavy atom. The third-order valence-corrected chi connectivity index (χ3v) is 8.71. The number of aromatic nitrogens is 1. The molecule has 1 amide bonds. The van der Waals surface area contributed by atoms with Gasteiger partial charge in [-0.25, -0.2) is 8.42 Å². The van der Waals surface area contributed by atoms with Gasteiger partial charge < -0.3 is 14.8 Å². The number of carbonyl (C=O) groups excluding carboxylic acids is 1. The summed E-state index contributed by atoms with van der Waals surface area (Å²) in [7, 11) is -3.87. The Labute approximate surface area is 189 Å². The lowest BCUT2D eigenvalue weighted by Gasteiger charge is -2.36. The minimum Gasteiger partial charge on any atom is -0.355 e. The number of rotatable bonds is 7. The summed E-state index contributed by atoms with van der Waals surface area (Å²) in [5.41, 5.74) is 1.43. The fourth-order valence-corrected chi connectivity index (χ4v) is 6.98. The van der Waals surface area contributed by atoms with Crippen molar-refractivity contribution in [3.05, 3.63) is 52.8 Å². The molecule has 168 valence electrons. The number of likely N-dealkylation sites (tertiary alicyclic amines) is 1. The molecule has 0 bridgehead atoms. The van der Waals surface area contributed by atoms with Gasteiger partial charge in [0.1, 0.15) is 4.90 Å². The number of sulfonamides is 1. The second-order valence-electron chi connectivity index (χ2n) is 8.25. The highest BCUT2D eigenvalue weighted by atomic mass is 35.5. The van der Waals surface area contributed by atoms with E-state index in [2.05, 4.69) is 10.2 Å². The smallest absolute Gasteiger partial charge is 0.245 e. The lowest BCUT2D eigenvalue weighted by molar-refractivity contribution is -0.122. The van der Waals surface area contributed by atoms with Crippen LogP contribution in [0.25, 0.3) is 0 Å². The molecule has 2 aromatic rings. The molecule has 1 fully saturated rings. The van der Waals surface area contributed by atoms with Gasteiger partial charge in [0.25, 0.3) is 0 Å². The summed E-state index contributed by atoms with van der Waals surface area (Å²) in [5.74, 6) is -0.144. The van der Waals surface area contributed by atoms with Crippen LogP contribution in [-0.4, -0.2) is 60.8 Å². The Bertz CT molecular complexity index is 1030. The number of benzene rings is 1. The molecule has 9 heteroatoms. The van der Waals surface area contributed by atoms with Crippen molar-refractivity contribution < 1.29 is 13.2 Å². The maximum absolute atomic E-state index is 13.6. The van der Waals surface area contributed by atoms with Crippen LogP contribution in [0, 0.1) is 6.92 Å². The van der Waals surface area contributed by atoms with E-state index in [1.165, 1.54) is 17.1 Å². The van der Waals surface area contributed by atoms with Crippen molar-refractivity contribution in [2.45, 2.75) is 43.7 Å². The van der Waals surface area contributed by atoms with Crippen LogP contribution in [0.3, 0.4) is 0 Å². The van der Waals surface area contributed by atoms with Crippen LogP contribution in [0.2, 0.25) is 5.02 Å². The minimum atomic E-state index is -3.87. The number of carbonyl (C=O) groups is 1. The molecule has 0 radical (unpaired) electrons. The predicted octanol–water partition coefficient (Wildman–Crippen LogP) is 2.80. The van der Waals surface area contributed by atoms with Gasteiger partial charge in [-0.1, -0.05) is 23.7 Å². The molecular weight excluding hydrogens is 436 g/mol. The summed E-state index contributed by atoms with van der Waals surface area (Å²) in [4.78, 5) is 15.2. The van der Waals surface area contributed by atoms with E-state index in [0.717, 1.165) is 25.3 Å². The number of nitrogens with one attached hydrogen (secondary N) is 1. The lowest BCUT2D eigenvalue weighted by Crippen LogP contribution is -2.44. The van der Waals surface area contributed by atoms with Crippen LogP contribution >= 0.6 is 11.6 Å². The fraction of sp³-hybridized carbons (Fsp3) is 0.500. The first-order valence-corrected chi connectivity index (χ1v) is 12.6. The molecule has 1 aromatic heterocycles. The molecule has 0 spiro atoms. The Morgan fingerprint density at radius 3 is 2.65 bits per heavy atom. The quantitative estimate of drug-likeness (QED) is 0.683. The molecule has 1 unspecified atom stereocenters. The van der Waals surface area contributed by atoms with Gasteiger partial charge in [0.05, 0.1) is 11.1 Å². The minimum absolute atomic E-state index is 0.0761. The third-order valence-electron chi connectivity index (χ3n) is 6.17. The molecule has 2 aliphatic heterocycles. The second kappa shape index (κ2) is 9.32. The Balaban J connectivity index is 1.55. The van der Waals surface area contributed by atoms with Gasteiger partial charge in [-0.15, -0.1) is 0 Å². The van der Waals surface area contributed by atoms with Crippen molar-refractivity contribution in [1.82, 2.24) is 19.1 Å². The predicted molar refractivity (Wildman–Crippen MR) is 121 cm³/mol. The summed E-state index contributed by atoms with van der Waals surface area (Å²) in [6.45, 7) is 6.13. The molecule has 31 heavy (non-hydrogen) atoms. The monoisotopic (exact) mass is 464 g/mol. The van der Waals surface area contributed by atoms with E-state index in [9.17, 15) is 13.2 Å². The maximum Gasteiger partial charge on any atom is 0.245 e. The number of fused-ring (bicyclic) bond motifs is 1. The number of hydrogen-bond donors (Lipinski definition) is 1. The summed E-state index contributed by atoms with van der Waals surface area (Å²) in [5, 5.41) is 3.18. The van der Waals surface area contributed by atoms with Crippen LogP contribution in [0.4, 0.5) is 0 Å². The Hall–Kier alpha value is -1.87. The van der Waals surface area contributed by atoms with Crippen LogP contribution in [0.15, 0.2) is 41.4 Å². The van der Waals surface area contributed by atoms with E-state index in [4.69, 9.17) is 11.6 Å². The molecule has 2 aliphatic rings.